The second kappa shape index (κ2) is 9.13. The molecule has 8 heteroatoms. The number of rotatable bonds is 2. The summed E-state index contributed by atoms with van der Waals surface area (Å²) in [5.41, 5.74) is 0. The number of carbonyl (C=O) groups is 2. The monoisotopic (exact) mass is 292 g/mol. The van der Waals surface area contributed by atoms with Gasteiger partial charge in [-0.15, -0.1) is 11.8 Å². The molecule has 0 radical (unpaired) electrons. The molecule has 110 valence electrons. The molecule has 3 N–H and O–H groups in total. The number of nitrogens with one attached hydrogen (secondary N) is 2. The van der Waals surface area contributed by atoms with Crippen LogP contribution >= 0.6 is 11.8 Å². The van der Waals surface area contributed by atoms with Crippen LogP contribution in [0.25, 0.3) is 0 Å². The molecule has 1 amide bonds. The normalized spacial score (nSPS) is 27.5. The van der Waals surface area contributed by atoms with Gasteiger partial charge in [-0.25, -0.2) is 0 Å². The highest BCUT2D eigenvalue weighted by molar-refractivity contribution is 8.00. The number of thioether (sulfide) groups is 1. The summed E-state index contributed by atoms with van der Waals surface area (Å²) in [6, 6.07) is -0.424. The highest BCUT2D eigenvalue weighted by Crippen LogP contribution is 2.13. The minimum atomic E-state index is -0.934. The molecule has 0 saturated carbocycles. The van der Waals surface area contributed by atoms with Gasteiger partial charge in [-0.05, 0) is 7.05 Å². The highest BCUT2D eigenvalue weighted by Gasteiger charge is 2.23. The first-order valence-corrected chi connectivity index (χ1v) is 7.15. The molecule has 0 aliphatic carbocycles. The summed E-state index contributed by atoms with van der Waals surface area (Å²) < 4.78 is 10.5. The Morgan fingerprint density at radius 3 is 2.84 bits per heavy atom. The van der Waals surface area contributed by atoms with E-state index < -0.39 is 17.3 Å². The standard InChI is InChI=1S/C11H20N2O5S/c1-12-8-7-19-9(11(15)16)6-18-5-4-17-3-2-13-10(8)14/h8-9,12H,2-7H2,1H3,(H,13,14)(H,15,16)/t8-,9?/m0/s1. The van der Waals surface area contributed by atoms with Gasteiger partial charge in [0.2, 0.25) is 5.91 Å². The lowest BCUT2D eigenvalue weighted by molar-refractivity contribution is -0.137. The fourth-order valence-corrected chi connectivity index (χ4v) is 2.55. The summed E-state index contributed by atoms with van der Waals surface area (Å²) in [7, 11) is 1.67. The molecule has 1 aliphatic rings. The van der Waals surface area contributed by atoms with Crippen molar-refractivity contribution in [1.29, 1.82) is 0 Å². The minimum Gasteiger partial charge on any atom is -0.480 e. The van der Waals surface area contributed by atoms with E-state index in [1.54, 1.807) is 7.05 Å². The predicted molar refractivity (Wildman–Crippen MR) is 71.4 cm³/mol. The topological polar surface area (TPSA) is 96.9 Å². The van der Waals surface area contributed by atoms with Crippen molar-refractivity contribution < 1.29 is 24.2 Å². The average molecular weight is 292 g/mol. The molecule has 0 aromatic heterocycles. The quantitative estimate of drug-likeness (QED) is 0.596. The largest absolute Gasteiger partial charge is 0.480 e. The van der Waals surface area contributed by atoms with Crippen LogP contribution in [0.5, 0.6) is 0 Å². The zero-order chi connectivity index (χ0) is 14.1. The number of amides is 1. The third-order valence-corrected chi connectivity index (χ3v) is 3.86. The molecule has 0 spiro atoms. The maximum Gasteiger partial charge on any atom is 0.319 e. The number of hydrogen-bond donors (Lipinski definition) is 3. The second-order valence-corrected chi connectivity index (χ2v) is 5.22. The number of hydrogen-bond acceptors (Lipinski definition) is 6. The molecule has 0 bridgehead atoms. The van der Waals surface area contributed by atoms with Crippen molar-refractivity contribution in [2.45, 2.75) is 11.3 Å². The predicted octanol–water partition coefficient (Wildman–Crippen LogP) is -1.08. The Labute approximate surface area is 116 Å². The lowest BCUT2D eigenvalue weighted by Gasteiger charge is -2.17. The van der Waals surface area contributed by atoms with Crippen LogP contribution in [0.15, 0.2) is 0 Å². The molecule has 1 rings (SSSR count). The first-order chi connectivity index (χ1) is 9.15. The van der Waals surface area contributed by atoms with Gasteiger partial charge in [0, 0.05) is 12.3 Å². The van der Waals surface area contributed by atoms with Crippen molar-refractivity contribution in [2.75, 3.05) is 45.8 Å². The van der Waals surface area contributed by atoms with Gasteiger partial charge in [-0.1, -0.05) is 0 Å². The van der Waals surface area contributed by atoms with Crippen molar-refractivity contribution in [2.24, 2.45) is 0 Å². The molecule has 2 atom stereocenters. The van der Waals surface area contributed by atoms with Gasteiger partial charge in [0.1, 0.15) is 5.25 Å². The molecule has 1 aliphatic heterocycles. The van der Waals surface area contributed by atoms with Crippen molar-refractivity contribution >= 4 is 23.6 Å². The van der Waals surface area contributed by atoms with Crippen molar-refractivity contribution in [1.82, 2.24) is 10.6 Å². The van der Waals surface area contributed by atoms with Gasteiger partial charge in [0.05, 0.1) is 32.5 Å². The third kappa shape index (κ3) is 6.24. The fourth-order valence-electron chi connectivity index (χ4n) is 1.47. The first-order valence-electron chi connectivity index (χ1n) is 6.10. The zero-order valence-electron chi connectivity index (χ0n) is 10.9. The molecule has 1 unspecified atom stereocenters. The molecule has 0 aromatic carbocycles. The van der Waals surface area contributed by atoms with E-state index >= 15 is 0 Å². The van der Waals surface area contributed by atoms with Crippen LogP contribution in [0.2, 0.25) is 0 Å². The van der Waals surface area contributed by atoms with E-state index in [1.807, 2.05) is 0 Å². The van der Waals surface area contributed by atoms with E-state index in [0.717, 1.165) is 0 Å². The Kier molecular flexibility index (Phi) is 7.80. The molecule has 1 saturated heterocycles. The zero-order valence-corrected chi connectivity index (χ0v) is 11.7. The van der Waals surface area contributed by atoms with Gasteiger partial charge in [-0.3, -0.25) is 9.59 Å². The van der Waals surface area contributed by atoms with Crippen molar-refractivity contribution in [3.63, 3.8) is 0 Å². The van der Waals surface area contributed by atoms with Gasteiger partial charge >= 0.3 is 5.97 Å². The first kappa shape index (κ1) is 16.2. The molecule has 0 aromatic rings. The highest BCUT2D eigenvalue weighted by atomic mass is 32.2. The minimum absolute atomic E-state index is 0.113. The SMILES string of the molecule is CN[C@H]1CSC(C(=O)O)COCCOCCNC1=O. The lowest BCUT2D eigenvalue weighted by Crippen LogP contribution is -2.45. The molecule has 7 nitrogen and oxygen atoms in total. The Balaban J connectivity index is 2.58. The second-order valence-electron chi connectivity index (χ2n) is 3.98. The van der Waals surface area contributed by atoms with E-state index in [2.05, 4.69) is 10.6 Å². The van der Waals surface area contributed by atoms with Gasteiger partial charge in [0.25, 0.3) is 0 Å². The van der Waals surface area contributed by atoms with E-state index in [-0.39, 0.29) is 12.5 Å². The van der Waals surface area contributed by atoms with E-state index in [4.69, 9.17) is 14.6 Å². The summed E-state index contributed by atoms with van der Waals surface area (Å²) in [6.07, 6.45) is 0. The number of carbonyl (C=O) groups excluding carboxylic acids is 1. The van der Waals surface area contributed by atoms with Crippen LogP contribution < -0.4 is 10.6 Å². The van der Waals surface area contributed by atoms with Crippen LogP contribution in [0.1, 0.15) is 0 Å². The number of likely N-dealkylation sites (N-methyl/N-ethyl adjacent to an activating group) is 1. The van der Waals surface area contributed by atoms with Gasteiger partial charge in [0.15, 0.2) is 0 Å². The Hall–Kier alpha value is -0.830. The van der Waals surface area contributed by atoms with Crippen molar-refractivity contribution in [3.8, 4) is 0 Å². The Morgan fingerprint density at radius 1 is 1.42 bits per heavy atom. The van der Waals surface area contributed by atoms with Gasteiger partial charge in [-0.2, -0.15) is 0 Å². The summed E-state index contributed by atoms with van der Waals surface area (Å²) in [4.78, 5) is 22.9. The fraction of sp³-hybridized carbons (Fsp3) is 0.818. The van der Waals surface area contributed by atoms with Crippen LogP contribution in [-0.2, 0) is 19.1 Å². The lowest BCUT2D eigenvalue weighted by atomic mass is 10.3. The number of carboxylic acid groups (broad SMARTS) is 1. The molecule has 1 fully saturated rings. The molecule has 19 heavy (non-hydrogen) atoms. The van der Waals surface area contributed by atoms with E-state index in [0.29, 0.717) is 32.1 Å². The van der Waals surface area contributed by atoms with Crippen molar-refractivity contribution in [3.05, 3.63) is 0 Å². The van der Waals surface area contributed by atoms with Crippen LogP contribution in [0, 0.1) is 0 Å². The summed E-state index contributed by atoms with van der Waals surface area (Å²) in [5.74, 6) is -0.706. The molecular weight excluding hydrogens is 272 g/mol. The average Bonchev–Trinajstić information content (AvgIpc) is 2.40. The van der Waals surface area contributed by atoms with Crippen LogP contribution in [-0.4, -0.2) is 74.0 Å². The Bertz CT molecular complexity index is 301. The van der Waals surface area contributed by atoms with E-state index in [9.17, 15) is 9.59 Å². The third-order valence-electron chi connectivity index (χ3n) is 2.59. The summed E-state index contributed by atoms with van der Waals surface area (Å²) >= 11 is 1.20. The maximum atomic E-state index is 11.8. The van der Waals surface area contributed by atoms with E-state index in [1.165, 1.54) is 11.8 Å². The van der Waals surface area contributed by atoms with Gasteiger partial charge < -0.3 is 25.2 Å². The number of ether oxygens (including phenoxy) is 2. The molecule has 1 heterocycles. The maximum absolute atomic E-state index is 11.8. The molecular formula is C11H20N2O5S. The summed E-state index contributed by atoms with van der Waals surface area (Å²) in [6.45, 7) is 1.71. The summed E-state index contributed by atoms with van der Waals surface area (Å²) in [5, 5.41) is 14.0. The smallest absolute Gasteiger partial charge is 0.319 e. The number of aliphatic carboxylic acids is 1. The van der Waals surface area contributed by atoms with Crippen LogP contribution in [0.4, 0.5) is 0 Å². The number of carboxylic acids is 1. The van der Waals surface area contributed by atoms with Crippen LogP contribution in [0.3, 0.4) is 0 Å². The Morgan fingerprint density at radius 2 is 2.16 bits per heavy atom.